The molecule has 0 bridgehead atoms. The number of nitrogens with two attached hydrogens (primary N) is 1. The summed E-state index contributed by atoms with van der Waals surface area (Å²) >= 11 is 0. The number of Topliss-reactive ketones (excluding diaryl/α,β-unsaturated/α-hetero) is 1. The van der Waals surface area contributed by atoms with E-state index in [0.717, 1.165) is 17.8 Å². The first-order chi connectivity index (χ1) is 11.3. The first-order valence-electron chi connectivity index (χ1n) is 8.58. The zero-order valence-corrected chi connectivity index (χ0v) is 14.9. The molecule has 24 heavy (non-hydrogen) atoms. The number of nitrogen functional groups attached to an aromatic ring is 1. The van der Waals surface area contributed by atoms with Gasteiger partial charge in [-0.15, -0.1) is 0 Å². The van der Waals surface area contributed by atoms with Crippen molar-refractivity contribution < 1.29 is 4.79 Å². The van der Waals surface area contributed by atoms with Gasteiger partial charge in [0.2, 0.25) is 5.95 Å². The van der Waals surface area contributed by atoms with E-state index in [1.807, 2.05) is 6.92 Å². The zero-order valence-electron chi connectivity index (χ0n) is 14.9. The Labute approximate surface area is 143 Å². The molecule has 0 spiro atoms. The van der Waals surface area contributed by atoms with Crippen LogP contribution in [0.1, 0.15) is 72.9 Å². The van der Waals surface area contributed by atoms with Gasteiger partial charge in [0.25, 0.3) is 0 Å². The molecule has 1 heterocycles. The Hall–Kier alpha value is -2.23. The van der Waals surface area contributed by atoms with Gasteiger partial charge in [-0.3, -0.25) is 4.79 Å². The van der Waals surface area contributed by atoms with Gasteiger partial charge >= 0.3 is 0 Å². The maximum absolute atomic E-state index is 12.7. The van der Waals surface area contributed by atoms with Crippen LogP contribution in [0.2, 0.25) is 0 Å². The fraction of sp³-hybridized carbons (Fsp3) is 0.450. The molecule has 4 heteroatoms. The number of hydrogen-bond donors (Lipinski definition) is 1. The summed E-state index contributed by atoms with van der Waals surface area (Å²) in [5.74, 6) is 0.568. The molecule has 2 aromatic rings. The van der Waals surface area contributed by atoms with Gasteiger partial charge in [-0.05, 0) is 35.3 Å². The van der Waals surface area contributed by atoms with E-state index in [1.165, 1.54) is 11.1 Å². The number of benzene rings is 1. The number of hydrogen-bond acceptors (Lipinski definition) is 4. The van der Waals surface area contributed by atoms with Gasteiger partial charge in [-0.2, -0.15) is 0 Å². The predicted molar refractivity (Wildman–Crippen MR) is 96.4 cm³/mol. The Morgan fingerprint density at radius 3 is 2.38 bits per heavy atom. The molecule has 2 N–H and O–H groups in total. The third-order valence-corrected chi connectivity index (χ3v) is 4.81. The number of ketones is 1. The van der Waals surface area contributed by atoms with E-state index in [4.69, 9.17) is 5.73 Å². The molecule has 0 amide bonds. The lowest BCUT2D eigenvalue weighted by Gasteiger charge is -2.26. The second-order valence-corrected chi connectivity index (χ2v) is 7.60. The van der Waals surface area contributed by atoms with Crippen LogP contribution in [0.3, 0.4) is 0 Å². The van der Waals surface area contributed by atoms with Crippen molar-refractivity contribution in [1.82, 2.24) is 9.97 Å². The summed E-state index contributed by atoms with van der Waals surface area (Å²) in [6.07, 6.45) is 1.96. The lowest BCUT2D eigenvalue weighted by atomic mass is 9.79. The molecular weight excluding hydrogens is 298 g/mol. The fourth-order valence-corrected chi connectivity index (χ4v) is 3.43. The summed E-state index contributed by atoms with van der Waals surface area (Å²) in [7, 11) is 0. The SMILES string of the molecule is CCc1nc(N)nc2c1C(=O)C[C@@H](c1ccc(C(C)(C)C)cc1)C2. The minimum Gasteiger partial charge on any atom is -0.368 e. The van der Waals surface area contributed by atoms with Gasteiger partial charge in [0.05, 0.1) is 17.0 Å². The number of rotatable bonds is 2. The van der Waals surface area contributed by atoms with Crippen molar-refractivity contribution >= 4 is 11.7 Å². The standard InChI is InChI=1S/C20H25N3O/c1-5-15-18-16(23-19(21)22-15)10-13(11-17(18)24)12-6-8-14(9-7-12)20(2,3)4/h6-9,13H,5,10-11H2,1-4H3,(H2,21,22,23)/t13-/m0/s1. The van der Waals surface area contributed by atoms with E-state index in [2.05, 4.69) is 55.0 Å². The summed E-state index contributed by atoms with van der Waals surface area (Å²) in [5, 5.41) is 0. The molecule has 0 saturated heterocycles. The van der Waals surface area contributed by atoms with Crippen LogP contribution >= 0.6 is 0 Å². The van der Waals surface area contributed by atoms with Gasteiger partial charge in [-0.1, -0.05) is 52.0 Å². The van der Waals surface area contributed by atoms with Crippen LogP contribution in [-0.2, 0) is 18.3 Å². The fourth-order valence-electron chi connectivity index (χ4n) is 3.43. The van der Waals surface area contributed by atoms with Crippen molar-refractivity contribution in [3.05, 3.63) is 52.3 Å². The van der Waals surface area contributed by atoms with Gasteiger partial charge in [0.15, 0.2) is 5.78 Å². The second kappa shape index (κ2) is 6.00. The summed E-state index contributed by atoms with van der Waals surface area (Å²) < 4.78 is 0. The number of anilines is 1. The average Bonchev–Trinajstić information content (AvgIpc) is 2.52. The van der Waals surface area contributed by atoms with Crippen LogP contribution in [0, 0.1) is 0 Å². The third-order valence-electron chi connectivity index (χ3n) is 4.81. The van der Waals surface area contributed by atoms with E-state index < -0.39 is 0 Å². The van der Waals surface area contributed by atoms with Crippen molar-refractivity contribution in [1.29, 1.82) is 0 Å². The average molecular weight is 323 g/mol. The number of aromatic nitrogens is 2. The normalized spacial score (nSPS) is 17.7. The van der Waals surface area contributed by atoms with Crippen molar-refractivity contribution in [2.24, 2.45) is 0 Å². The minimum absolute atomic E-state index is 0.130. The third kappa shape index (κ3) is 3.05. The molecule has 1 aromatic heterocycles. The van der Waals surface area contributed by atoms with Gasteiger partial charge in [0.1, 0.15) is 0 Å². The van der Waals surface area contributed by atoms with Crippen LogP contribution in [0.15, 0.2) is 24.3 Å². The van der Waals surface area contributed by atoms with Crippen molar-refractivity contribution in [3.63, 3.8) is 0 Å². The van der Waals surface area contributed by atoms with E-state index >= 15 is 0 Å². The topological polar surface area (TPSA) is 68.9 Å². The van der Waals surface area contributed by atoms with E-state index in [9.17, 15) is 4.79 Å². The second-order valence-electron chi connectivity index (χ2n) is 7.60. The highest BCUT2D eigenvalue weighted by Gasteiger charge is 2.30. The lowest BCUT2D eigenvalue weighted by Crippen LogP contribution is -2.23. The van der Waals surface area contributed by atoms with E-state index in [-0.39, 0.29) is 23.1 Å². The number of carbonyl (C=O) groups is 1. The summed E-state index contributed by atoms with van der Waals surface area (Å²) in [6, 6.07) is 8.63. The first-order valence-corrected chi connectivity index (χ1v) is 8.58. The minimum atomic E-state index is 0.130. The maximum atomic E-state index is 12.7. The Bertz CT molecular complexity index is 773. The number of nitrogens with zero attached hydrogens (tertiary/aromatic N) is 2. The highest BCUT2D eigenvalue weighted by molar-refractivity contribution is 5.99. The molecule has 1 aliphatic carbocycles. The quantitative estimate of drug-likeness (QED) is 0.912. The smallest absolute Gasteiger partial charge is 0.220 e. The summed E-state index contributed by atoms with van der Waals surface area (Å²) in [5.41, 5.74) is 10.7. The van der Waals surface area contributed by atoms with Crippen molar-refractivity contribution in [2.75, 3.05) is 5.73 Å². The van der Waals surface area contributed by atoms with Crippen LogP contribution in [0.25, 0.3) is 0 Å². The summed E-state index contributed by atoms with van der Waals surface area (Å²) in [4.78, 5) is 21.3. The Morgan fingerprint density at radius 1 is 1.12 bits per heavy atom. The zero-order chi connectivity index (χ0) is 17.5. The number of fused-ring (bicyclic) bond motifs is 1. The first kappa shape index (κ1) is 16.6. The number of aryl methyl sites for hydroxylation is 1. The van der Waals surface area contributed by atoms with Gasteiger partial charge < -0.3 is 5.73 Å². The molecule has 1 atom stereocenters. The molecule has 0 aliphatic heterocycles. The van der Waals surface area contributed by atoms with Gasteiger partial charge in [0, 0.05) is 6.42 Å². The maximum Gasteiger partial charge on any atom is 0.220 e. The van der Waals surface area contributed by atoms with Gasteiger partial charge in [-0.25, -0.2) is 9.97 Å². The number of carbonyl (C=O) groups excluding carboxylic acids is 1. The predicted octanol–water partition coefficient (Wildman–Crippen LogP) is 3.83. The molecule has 0 saturated carbocycles. The Morgan fingerprint density at radius 2 is 1.79 bits per heavy atom. The Balaban J connectivity index is 1.93. The monoisotopic (exact) mass is 323 g/mol. The molecule has 126 valence electrons. The Kier molecular flexibility index (Phi) is 4.16. The molecule has 1 aromatic carbocycles. The lowest BCUT2D eigenvalue weighted by molar-refractivity contribution is 0.0961. The highest BCUT2D eigenvalue weighted by Crippen LogP contribution is 2.34. The van der Waals surface area contributed by atoms with Crippen molar-refractivity contribution in [2.45, 2.75) is 58.3 Å². The van der Waals surface area contributed by atoms with E-state index in [1.54, 1.807) is 0 Å². The molecule has 0 radical (unpaired) electrons. The summed E-state index contributed by atoms with van der Waals surface area (Å²) in [6.45, 7) is 8.60. The molecule has 1 aliphatic rings. The van der Waals surface area contributed by atoms with Crippen LogP contribution < -0.4 is 5.73 Å². The molecule has 4 nitrogen and oxygen atoms in total. The largest absolute Gasteiger partial charge is 0.368 e. The molecule has 0 fully saturated rings. The molecule has 0 unspecified atom stereocenters. The van der Waals surface area contributed by atoms with Crippen LogP contribution in [-0.4, -0.2) is 15.8 Å². The highest BCUT2D eigenvalue weighted by atomic mass is 16.1. The molecular formula is C20H25N3O. The van der Waals surface area contributed by atoms with Crippen LogP contribution in [0.5, 0.6) is 0 Å². The van der Waals surface area contributed by atoms with Crippen molar-refractivity contribution in [3.8, 4) is 0 Å². The molecule has 3 rings (SSSR count). The van der Waals surface area contributed by atoms with Crippen LogP contribution in [0.4, 0.5) is 5.95 Å². The van der Waals surface area contributed by atoms with E-state index in [0.29, 0.717) is 18.4 Å².